The Balaban J connectivity index is 1.56. The fourth-order valence-electron chi connectivity index (χ4n) is 2.94. The number of ether oxygens (including phenoxy) is 2. The Morgan fingerprint density at radius 3 is 1.74 bits per heavy atom. The zero-order valence-electron chi connectivity index (χ0n) is 18.4. The summed E-state index contributed by atoms with van der Waals surface area (Å²) < 4.78 is 17.4. The minimum absolute atomic E-state index is 0.581. The van der Waals surface area contributed by atoms with Crippen LogP contribution in [0, 0.1) is 0 Å². The third kappa shape index (κ3) is 7.18. The van der Waals surface area contributed by atoms with Crippen molar-refractivity contribution in [1.29, 1.82) is 0 Å². The molecule has 0 fully saturated rings. The zero-order valence-corrected chi connectivity index (χ0v) is 18.4. The zero-order chi connectivity index (χ0) is 21.7. The molecule has 1 heterocycles. The highest BCUT2D eigenvalue weighted by Crippen LogP contribution is 2.28. The van der Waals surface area contributed by atoms with E-state index in [1.54, 1.807) is 6.20 Å². The van der Waals surface area contributed by atoms with Gasteiger partial charge in [-0.1, -0.05) is 51.0 Å². The maximum atomic E-state index is 5.97. The number of hydrogen-bond acceptors (Lipinski definition) is 4. The summed E-state index contributed by atoms with van der Waals surface area (Å²) in [7, 11) is 0. The lowest BCUT2D eigenvalue weighted by Gasteiger charge is -2.04. The van der Waals surface area contributed by atoms with E-state index in [2.05, 4.69) is 43.1 Å². The molecule has 0 aliphatic carbocycles. The van der Waals surface area contributed by atoms with Gasteiger partial charge in [-0.25, -0.2) is 4.98 Å². The van der Waals surface area contributed by atoms with E-state index in [0.29, 0.717) is 19.1 Å². The first-order chi connectivity index (χ1) is 15.3. The first-order valence-electron chi connectivity index (χ1n) is 11.0. The number of allylic oxidation sites excluding steroid dienone is 2. The maximum Gasteiger partial charge on any atom is 0.226 e. The summed E-state index contributed by atoms with van der Waals surface area (Å²) >= 11 is 0. The first-order valence-corrected chi connectivity index (χ1v) is 11.0. The van der Waals surface area contributed by atoms with E-state index in [1.165, 1.54) is 0 Å². The van der Waals surface area contributed by atoms with Crippen molar-refractivity contribution in [1.82, 2.24) is 4.98 Å². The van der Waals surface area contributed by atoms with Gasteiger partial charge in [0.2, 0.25) is 5.89 Å². The molecule has 2 aromatic carbocycles. The number of hydrogen-bond donors (Lipinski definition) is 0. The van der Waals surface area contributed by atoms with Crippen molar-refractivity contribution < 1.29 is 13.9 Å². The van der Waals surface area contributed by atoms with Crippen molar-refractivity contribution >= 4 is 0 Å². The smallest absolute Gasteiger partial charge is 0.226 e. The van der Waals surface area contributed by atoms with Gasteiger partial charge in [-0.2, -0.15) is 0 Å². The van der Waals surface area contributed by atoms with Gasteiger partial charge in [0.15, 0.2) is 5.76 Å². The predicted molar refractivity (Wildman–Crippen MR) is 126 cm³/mol. The summed E-state index contributed by atoms with van der Waals surface area (Å²) in [6, 6.07) is 15.7. The van der Waals surface area contributed by atoms with Gasteiger partial charge in [-0.15, -0.1) is 0 Å². The molecular formula is C27H31NO3. The van der Waals surface area contributed by atoms with Gasteiger partial charge in [0.25, 0.3) is 0 Å². The average Bonchev–Trinajstić information content (AvgIpc) is 3.30. The summed E-state index contributed by atoms with van der Waals surface area (Å²) in [6.07, 6.45) is 14.6. The van der Waals surface area contributed by atoms with Crippen molar-refractivity contribution in [3.63, 3.8) is 0 Å². The topological polar surface area (TPSA) is 44.5 Å². The lowest BCUT2D eigenvalue weighted by atomic mass is 10.2. The van der Waals surface area contributed by atoms with Gasteiger partial charge in [-0.3, -0.25) is 0 Å². The third-order valence-electron chi connectivity index (χ3n) is 4.68. The Morgan fingerprint density at radius 1 is 0.710 bits per heavy atom. The van der Waals surface area contributed by atoms with Crippen LogP contribution in [-0.4, -0.2) is 18.2 Å². The van der Waals surface area contributed by atoms with E-state index in [0.717, 1.165) is 54.1 Å². The van der Waals surface area contributed by atoms with Gasteiger partial charge in [0, 0.05) is 11.1 Å². The van der Waals surface area contributed by atoms with Crippen molar-refractivity contribution in [2.75, 3.05) is 13.2 Å². The van der Waals surface area contributed by atoms with Crippen molar-refractivity contribution in [3.8, 4) is 34.3 Å². The number of benzene rings is 2. The number of rotatable bonds is 12. The van der Waals surface area contributed by atoms with E-state index in [4.69, 9.17) is 13.9 Å². The quantitative estimate of drug-likeness (QED) is 0.287. The fraction of sp³-hybridized carbons (Fsp3) is 0.296. The average molecular weight is 418 g/mol. The molecule has 0 saturated carbocycles. The Hall–Kier alpha value is -3.27. The Kier molecular flexibility index (Phi) is 8.99. The molecule has 162 valence electrons. The van der Waals surface area contributed by atoms with E-state index in [1.807, 2.05) is 48.5 Å². The molecule has 1 aromatic heterocycles. The number of oxazole rings is 1. The molecule has 0 aliphatic rings. The normalized spacial score (nSPS) is 11.4. The van der Waals surface area contributed by atoms with Crippen LogP contribution >= 0.6 is 0 Å². The van der Waals surface area contributed by atoms with Gasteiger partial charge in [0.05, 0.1) is 6.20 Å². The molecule has 0 saturated heterocycles. The molecule has 4 nitrogen and oxygen atoms in total. The van der Waals surface area contributed by atoms with Crippen LogP contribution in [0.4, 0.5) is 0 Å². The van der Waals surface area contributed by atoms with Gasteiger partial charge in [-0.05, 0) is 61.4 Å². The maximum absolute atomic E-state index is 5.97. The van der Waals surface area contributed by atoms with Crippen LogP contribution < -0.4 is 9.47 Å². The minimum Gasteiger partial charge on any atom is -0.490 e. The van der Waals surface area contributed by atoms with Crippen molar-refractivity contribution in [2.45, 2.75) is 39.5 Å². The SMILES string of the molecule is CCCC=CCOc1ccc(-c2cnc(-c3ccc(OCC=CCCC)cc3)o2)cc1. The van der Waals surface area contributed by atoms with E-state index < -0.39 is 0 Å². The molecular weight excluding hydrogens is 386 g/mol. The second kappa shape index (κ2) is 12.4. The van der Waals surface area contributed by atoms with E-state index >= 15 is 0 Å². The fourth-order valence-corrected chi connectivity index (χ4v) is 2.94. The summed E-state index contributed by atoms with van der Waals surface area (Å²) in [4.78, 5) is 4.43. The molecule has 0 atom stereocenters. The second-order valence-electron chi connectivity index (χ2n) is 7.22. The van der Waals surface area contributed by atoms with Crippen molar-refractivity contribution in [3.05, 3.63) is 79.0 Å². The Labute approximate surface area is 185 Å². The van der Waals surface area contributed by atoms with Gasteiger partial charge < -0.3 is 13.9 Å². The molecule has 0 aliphatic heterocycles. The van der Waals surface area contributed by atoms with Crippen LogP contribution in [0.15, 0.2) is 83.4 Å². The van der Waals surface area contributed by atoms with Gasteiger partial charge in [0.1, 0.15) is 24.7 Å². The van der Waals surface area contributed by atoms with Crippen LogP contribution in [0.2, 0.25) is 0 Å². The summed E-state index contributed by atoms with van der Waals surface area (Å²) in [5.74, 6) is 2.98. The van der Waals surface area contributed by atoms with Crippen LogP contribution in [0.5, 0.6) is 11.5 Å². The lowest BCUT2D eigenvalue weighted by molar-refractivity contribution is 0.362. The van der Waals surface area contributed by atoms with E-state index in [-0.39, 0.29) is 0 Å². The minimum atomic E-state index is 0.581. The van der Waals surface area contributed by atoms with Crippen LogP contribution in [0.3, 0.4) is 0 Å². The Bertz CT molecular complexity index is 875. The van der Waals surface area contributed by atoms with Crippen molar-refractivity contribution in [2.24, 2.45) is 0 Å². The molecule has 4 heteroatoms. The molecule has 0 amide bonds. The third-order valence-corrected chi connectivity index (χ3v) is 4.68. The second-order valence-corrected chi connectivity index (χ2v) is 7.22. The first kappa shape index (κ1) is 22.4. The standard InChI is InChI=1S/C27H31NO3/c1-3-5-7-9-19-29-24-15-11-22(12-16-24)26-21-28-27(31-26)23-13-17-25(18-14-23)30-20-10-8-6-4-2/h7-18,21H,3-6,19-20H2,1-2H3. The summed E-state index contributed by atoms with van der Waals surface area (Å²) in [6.45, 7) is 5.49. The molecule has 0 unspecified atom stereocenters. The highest BCUT2D eigenvalue weighted by molar-refractivity contribution is 5.62. The van der Waals surface area contributed by atoms with Crippen LogP contribution in [0.25, 0.3) is 22.8 Å². The lowest BCUT2D eigenvalue weighted by Crippen LogP contribution is -1.93. The van der Waals surface area contributed by atoms with Crippen LogP contribution in [-0.2, 0) is 0 Å². The molecule has 3 aromatic rings. The molecule has 31 heavy (non-hydrogen) atoms. The predicted octanol–water partition coefficient (Wildman–Crippen LogP) is 7.48. The molecule has 0 radical (unpaired) electrons. The molecule has 0 bridgehead atoms. The summed E-state index contributed by atoms with van der Waals surface area (Å²) in [5.41, 5.74) is 1.88. The number of aromatic nitrogens is 1. The van der Waals surface area contributed by atoms with E-state index in [9.17, 15) is 0 Å². The highest BCUT2D eigenvalue weighted by Gasteiger charge is 2.09. The summed E-state index contributed by atoms with van der Waals surface area (Å²) in [5, 5.41) is 0. The van der Waals surface area contributed by atoms with Gasteiger partial charge >= 0.3 is 0 Å². The van der Waals surface area contributed by atoms with Crippen LogP contribution in [0.1, 0.15) is 39.5 Å². The monoisotopic (exact) mass is 417 g/mol. The molecule has 0 N–H and O–H groups in total. The Morgan fingerprint density at radius 2 is 1.23 bits per heavy atom. The number of nitrogens with zero attached hydrogens (tertiary/aromatic N) is 1. The molecule has 0 spiro atoms. The number of unbranched alkanes of at least 4 members (excludes halogenated alkanes) is 2. The molecule has 3 rings (SSSR count). The largest absolute Gasteiger partial charge is 0.490 e. The highest BCUT2D eigenvalue weighted by atomic mass is 16.5.